The molecule has 0 aromatic heterocycles. The summed E-state index contributed by atoms with van der Waals surface area (Å²) in [5.41, 5.74) is 1.36. The lowest BCUT2D eigenvalue weighted by atomic mass is 9.84. The zero-order chi connectivity index (χ0) is 21.4. The minimum Gasteiger partial charge on any atom is -0.493 e. The van der Waals surface area contributed by atoms with Gasteiger partial charge in [-0.3, -0.25) is 9.89 Å². The van der Waals surface area contributed by atoms with E-state index in [2.05, 4.69) is 32.5 Å². The highest BCUT2D eigenvalue weighted by Gasteiger charge is 2.39. The molecule has 2 saturated heterocycles. The molecule has 8 heteroatoms. The molecular weight excluding hydrogens is 505 g/mol. The third-order valence-corrected chi connectivity index (χ3v) is 6.66. The third kappa shape index (κ3) is 6.86. The van der Waals surface area contributed by atoms with Gasteiger partial charge < -0.3 is 25.0 Å². The molecule has 0 spiro atoms. The SMILES string of the molecule is CN=C(NCc1ccc(OC)c(OC)c1)NCC1(N2CCCCC2)CCN(C)CC1.I. The average molecular weight is 546 g/mol. The molecule has 0 radical (unpaired) electrons. The first kappa shape index (κ1) is 26.0. The van der Waals surface area contributed by atoms with Crippen molar-refractivity contribution in [1.82, 2.24) is 20.4 Å². The summed E-state index contributed by atoms with van der Waals surface area (Å²) in [6.07, 6.45) is 6.44. The maximum atomic E-state index is 5.42. The van der Waals surface area contributed by atoms with Crippen molar-refractivity contribution in [2.24, 2.45) is 4.99 Å². The molecule has 31 heavy (non-hydrogen) atoms. The molecule has 3 rings (SSSR count). The Labute approximate surface area is 205 Å². The zero-order valence-corrected chi connectivity index (χ0v) is 21.9. The van der Waals surface area contributed by atoms with Gasteiger partial charge in [-0.15, -0.1) is 24.0 Å². The number of piperidine rings is 2. The van der Waals surface area contributed by atoms with Gasteiger partial charge in [-0.2, -0.15) is 0 Å². The number of guanidine groups is 1. The number of halogens is 1. The summed E-state index contributed by atoms with van der Waals surface area (Å²) in [5.74, 6) is 2.34. The molecule has 2 N–H and O–H groups in total. The van der Waals surface area contributed by atoms with Gasteiger partial charge in [0.25, 0.3) is 0 Å². The van der Waals surface area contributed by atoms with Crippen LogP contribution in [0, 0.1) is 0 Å². The van der Waals surface area contributed by atoms with Crippen molar-refractivity contribution in [3.8, 4) is 11.5 Å². The van der Waals surface area contributed by atoms with Gasteiger partial charge in [0.15, 0.2) is 17.5 Å². The van der Waals surface area contributed by atoms with E-state index in [1.807, 2.05) is 25.2 Å². The van der Waals surface area contributed by atoms with Crippen molar-refractivity contribution in [2.45, 2.75) is 44.2 Å². The van der Waals surface area contributed by atoms with Crippen LogP contribution in [0.2, 0.25) is 0 Å². The number of ether oxygens (including phenoxy) is 2. The number of rotatable bonds is 7. The number of methoxy groups -OCH3 is 2. The highest BCUT2D eigenvalue weighted by atomic mass is 127. The largest absolute Gasteiger partial charge is 0.493 e. The number of nitrogens with one attached hydrogen (secondary N) is 2. The number of likely N-dealkylation sites (tertiary alicyclic amines) is 2. The summed E-state index contributed by atoms with van der Waals surface area (Å²) in [5, 5.41) is 7.09. The van der Waals surface area contributed by atoms with Crippen LogP contribution in [-0.2, 0) is 6.54 Å². The predicted octanol–water partition coefficient (Wildman–Crippen LogP) is 2.94. The Morgan fingerprint density at radius 2 is 1.68 bits per heavy atom. The number of hydrogen-bond acceptors (Lipinski definition) is 5. The molecular formula is C23H40IN5O2. The molecule has 2 heterocycles. The highest BCUT2D eigenvalue weighted by molar-refractivity contribution is 14.0. The van der Waals surface area contributed by atoms with E-state index in [-0.39, 0.29) is 29.5 Å². The van der Waals surface area contributed by atoms with Gasteiger partial charge in [0.05, 0.1) is 14.2 Å². The van der Waals surface area contributed by atoms with Crippen molar-refractivity contribution in [3.63, 3.8) is 0 Å². The molecule has 2 fully saturated rings. The smallest absolute Gasteiger partial charge is 0.191 e. The van der Waals surface area contributed by atoms with Crippen LogP contribution in [0.15, 0.2) is 23.2 Å². The summed E-state index contributed by atoms with van der Waals surface area (Å²) >= 11 is 0. The van der Waals surface area contributed by atoms with Crippen molar-refractivity contribution in [1.29, 1.82) is 0 Å². The summed E-state index contributed by atoms with van der Waals surface area (Å²) in [7, 11) is 7.39. The van der Waals surface area contributed by atoms with Gasteiger partial charge >= 0.3 is 0 Å². The Morgan fingerprint density at radius 1 is 1.00 bits per heavy atom. The molecule has 1 aromatic carbocycles. The van der Waals surface area contributed by atoms with Crippen molar-refractivity contribution in [2.75, 3.05) is 61.0 Å². The monoisotopic (exact) mass is 545 g/mol. The van der Waals surface area contributed by atoms with Crippen molar-refractivity contribution >= 4 is 29.9 Å². The van der Waals surface area contributed by atoms with E-state index in [0.717, 1.165) is 42.7 Å². The Kier molecular flexibility index (Phi) is 10.6. The van der Waals surface area contributed by atoms with E-state index in [1.54, 1.807) is 14.2 Å². The Balaban J connectivity index is 0.00000341. The number of hydrogen-bond donors (Lipinski definition) is 2. The number of aliphatic imine (C=N–C) groups is 1. The topological polar surface area (TPSA) is 61.4 Å². The summed E-state index contributed by atoms with van der Waals surface area (Å²) in [4.78, 5) is 9.66. The maximum absolute atomic E-state index is 5.42. The lowest BCUT2D eigenvalue weighted by molar-refractivity contribution is 0.0173. The first-order chi connectivity index (χ1) is 14.6. The van der Waals surface area contributed by atoms with E-state index >= 15 is 0 Å². The van der Waals surface area contributed by atoms with Crippen LogP contribution < -0.4 is 20.1 Å². The van der Waals surface area contributed by atoms with Crippen LogP contribution in [-0.4, -0.2) is 82.3 Å². The highest BCUT2D eigenvalue weighted by Crippen LogP contribution is 2.31. The summed E-state index contributed by atoms with van der Waals surface area (Å²) in [6.45, 7) is 6.39. The first-order valence-electron chi connectivity index (χ1n) is 11.2. The molecule has 2 aliphatic rings. The van der Waals surface area contributed by atoms with E-state index in [1.165, 1.54) is 45.2 Å². The molecule has 0 bridgehead atoms. The maximum Gasteiger partial charge on any atom is 0.191 e. The van der Waals surface area contributed by atoms with Crippen LogP contribution in [0.5, 0.6) is 11.5 Å². The third-order valence-electron chi connectivity index (χ3n) is 6.66. The van der Waals surface area contributed by atoms with Gasteiger partial charge in [0, 0.05) is 25.7 Å². The molecule has 7 nitrogen and oxygen atoms in total. The fourth-order valence-electron chi connectivity index (χ4n) is 4.65. The molecule has 176 valence electrons. The second-order valence-corrected chi connectivity index (χ2v) is 8.54. The van der Waals surface area contributed by atoms with Gasteiger partial charge in [-0.05, 0) is 76.6 Å². The predicted molar refractivity (Wildman–Crippen MR) is 138 cm³/mol. The van der Waals surface area contributed by atoms with Crippen molar-refractivity contribution < 1.29 is 9.47 Å². The summed E-state index contributed by atoms with van der Waals surface area (Å²) in [6, 6.07) is 6.00. The Hall–Kier alpha value is -1.26. The van der Waals surface area contributed by atoms with Crippen LogP contribution >= 0.6 is 24.0 Å². The Morgan fingerprint density at radius 3 is 2.29 bits per heavy atom. The Bertz CT molecular complexity index is 701. The second-order valence-electron chi connectivity index (χ2n) is 8.54. The quantitative estimate of drug-likeness (QED) is 0.312. The first-order valence-corrected chi connectivity index (χ1v) is 11.2. The lowest BCUT2D eigenvalue weighted by Crippen LogP contribution is -2.62. The van der Waals surface area contributed by atoms with Gasteiger partial charge in [0.1, 0.15) is 0 Å². The van der Waals surface area contributed by atoms with Gasteiger partial charge in [-0.25, -0.2) is 0 Å². The molecule has 0 atom stereocenters. The minimum atomic E-state index is 0. The van der Waals surface area contributed by atoms with Crippen LogP contribution in [0.3, 0.4) is 0 Å². The van der Waals surface area contributed by atoms with Crippen molar-refractivity contribution in [3.05, 3.63) is 23.8 Å². The molecule has 0 amide bonds. The second kappa shape index (κ2) is 12.7. The summed E-state index contributed by atoms with van der Waals surface area (Å²) < 4.78 is 10.7. The average Bonchev–Trinajstić information content (AvgIpc) is 2.81. The zero-order valence-electron chi connectivity index (χ0n) is 19.6. The van der Waals surface area contributed by atoms with E-state index < -0.39 is 0 Å². The molecule has 0 aliphatic carbocycles. The van der Waals surface area contributed by atoms with E-state index in [9.17, 15) is 0 Å². The minimum absolute atomic E-state index is 0. The lowest BCUT2D eigenvalue weighted by Gasteiger charge is -2.50. The molecule has 1 aromatic rings. The number of nitrogens with zero attached hydrogens (tertiary/aromatic N) is 3. The normalized spacial score (nSPS) is 19.9. The molecule has 2 aliphatic heterocycles. The van der Waals surface area contributed by atoms with Crippen LogP contribution in [0.4, 0.5) is 0 Å². The standard InChI is InChI=1S/C23H39N5O2.HI/c1-24-22(25-17-19-8-9-20(29-3)21(16-19)30-4)26-18-23(10-14-27(2)15-11-23)28-12-6-5-7-13-28;/h8-9,16H,5-7,10-15,17-18H2,1-4H3,(H2,24,25,26);1H. The fourth-order valence-corrected chi connectivity index (χ4v) is 4.65. The van der Waals surface area contributed by atoms with Gasteiger partial charge in [-0.1, -0.05) is 12.5 Å². The van der Waals surface area contributed by atoms with E-state index in [4.69, 9.17) is 9.47 Å². The van der Waals surface area contributed by atoms with Crippen LogP contribution in [0.1, 0.15) is 37.7 Å². The molecule has 0 unspecified atom stereocenters. The number of benzene rings is 1. The fraction of sp³-hybridized carbons (Fsp3) is 0.696. The van der Waals surface area contributed by atoms with Gasteiger partial charge in [0.2, 0.25) is 0 Å². The molecule has 0 saturated carbocycles. The van der Waals surface area contributed by atoms with Crippen LogP contribution in [0.25, 0.3) is 0 Å². The van der Waals surface area contributed by atoms with E-state index in [0.29, 0.717) is 6.54 Å².